The lowest BCUT2D eigenvalue weighted by molar-refractivity contribution is -0.140. The zero-order valence-electron chi connectivity index (χ0n) is 7.61. The molecule has 0 saturated heterocycles. The average molecular weight is 220 g/mol. The third kappa shape index (κ3) is 1.71. The minimum Gasteiger partial charge on any atom is -0.385 e. The van der Waals surface area contributed by atoms with E-state index in [9.17, 15) is 22.7 Å². The fourth-order valence-electron chi connectivity index (χ4n) is 1.50. The molecule has 1 aliphatic carbocycles. The number of hydrogen-bond donors (Lipinski definition) is 1. The van der Waals surface area contributed by atoms with E-state index in [1.54, 1.807) is 0 Å². The molecule has 5 heteroatoms. The molecule has 0 aromatic heterocycles. The second kappa shape index (κ2) is 2.95. The van der Waals surface area contributed by atoms with E-state index in [0.717, 1.165) is 6.07 Å². The largest absolute Gasteiger partial charge is 0.419 e. The summed E-state index contributed by atoms with van der Waals surface area (Å²) >= 11 is 0. The molecule has 1 fully saturated rings. The van der Waals surface area contributed by atoms with Gasteiger partial charge >= 0.3 is 6.18 Å². The summed E-state index contributed by atoms with van der Waals surface area (Å²) in [5.41, 5.74) is -2.96. The van der Waals surface area contributed by atoms with Crippen LogP contribution in [0, 0.1) is 5.82 Å². The van der Waals surface area contributed by atoms with Crippen LogP contribution in [-0.4, -0.2) is 5.11 Å². The van der Waals surface area contributed by atoms with Crippen molar-refractivity contribution in [1.82, 2.24) is 0 Å². The van der Waals surface area contributed by atoms with Gasteiger partial charge in [0.1, 0.15) is 5.82 Å². The summed E-state index contributed by atoms with van der Waals surface area (Å²) in [5.74, 6) is -1.36. The van der Waals surface area contributed by atoms with Crippen molar-refractivity contribution in [3.05, 3.63) is 35.1 Å². The fourth-order valence-corrected chi connectivity index (χ4v) is 1.50. The first kappa shape index (κ1) is 10.4. The van der Waals surface area contributed by atoms with Crippen molar-refractivity contribution in [3.63, 3.8) is 0 Å². The topological polar surface area (TPSA) is 20.2 Å². The standard InChI is InChI=1S/C10H8F4O/c11-8-6(9(15)4-5-9)2-1-3-7(8)10(12,13)14/h1-3,15H,4-5H2. The molecule has 15 heavy (non-hydrogen) atoms. The molecule has 0 heterocycles. The van der Waals surface area contributed by atoms with Crippen molar-refractivity contribution in [2.24, 2.45) is 0 Å². The summed E-state index contributed by atoms with van der Waals surface area (Å²) in [7, 11) is 0. The third-order valence-electron chi connectivity index (χ3n) is 2.53. The van der Waals surface area contributed by atoms with Crippen LogP contribution in [0.15, 0.2) is 18.2 Å². The van der Waals surface area contributed by atoms with Crippen molar-refractivity contribution >= 4 is 0 Å². The molecule has 1 N–H and O–H groups in total. The molecule has 1 aliphatic rings. The SMILES string of the molecule is OC1(c2cccc(C(F)(F)F)c2F)CC1. The molecule has 1 saturated carbocycles. The number of aliphatic hydroxyl groups is 1. The second-order valence-corrected chi connectivity index (χ2v) is 3.70. The van der Waals surface area contributed by atoms with Gasteiger partial charge in [0.2, 0.25) is 0 Å². The normalized spacial score (nSPS) is 19.0. The Kier molecular flexibility index (Phi) is 2.05. The Hall–Kier alpha value is -1.10. The lowest BCUT2D eigenvalue weighted by Crippen LogP contribution is -2.14. The van der Waals surface area contributed by atoms with E-state index < -0.39 is 23.2 Å². The van der Waals surface area contributed by atoms with E-state index in [1.807, 2.05) is 0 Å². The van der Waals surface area contributed by atoms with Gasteiger partial charge in [0.15, 0.2) is 0 Å². The minimum absolute atomic E-state index is 0.252. The smallest absolute Gasteiger partial charge is 0.385 e. The van der Waals surface area contributed by atoms with E-state index in [2.05, 4.69) is 0 Å². The van der Waals surface area contributed by atoms with Gasteiger partial charge in [0.05, 0.1) is 11.2 Å². The van der Waals surface area contributed by atoms with Crippen LogP contribution in [0.5, 0.6) is 0 Å². The van der Waals surface area contributed by atoms with Crippen LogP contribution >= 0.6 is 0 Å². The molecule has 0 bridgehead atoms. The monoisotopic (exact) mass is 220 g/mol. The lowest BCUT2D eigenvalue weighted by Gasteiger charge is -2.14. The third-order valence-corrected chi connectivity index (χ3v) is 2.53. The quantitative estimate of drug-likeness (QED) is 0.721. The van der Waals surface area contributed by atoms with Crippen LogP contribution in [0.1, 0.15) is 24.0 Å². The number of rotatable bonds is 1. The van der Waals surface area contributed by atoms with Crippen molar-refractivity contribution < 1.29 is 22.7 Å². The molecule has 0 unspecified atom stereocenters. The predicted molar refractivity (Wildman–Crippen MR) is 44.5 cm³/mol. The molecule has 0 atom stereocenters. The van der Waals surface area contributed by atoms with Crippen molar-refractivity contribution in [3.8, 4) is 0 Å². The van der Waals surface area contributed by atoms with Gasteiger partial charge in [-0.25, -0.2) is 4.39 Å². The Morgan fingerprint density at radius 3 is 2.27 bits per heavy atom. The van der Waals surface area contributed by atoms with Crippen LogP contribution < -0.4 is 0 Å². The Balaban J connectivity index is 2.51. The predicted octanol–water partition coefficient (Wildman–Crippen LogP) is 2.83. The lowest BCUT2D eigenvalue weighted by atomic mass is 10.0. The Bertz CT molecular complexity index is 369. The minimum atomic E-state index is -4.72. The molecule has 2 rings (SSSR count). The summed E-state index contributed by atoms with van der Waals surface area (Å²) < 4.78 is 50.4. The zero-order valence-corrected chi connectivity index (χ0v) is 7.61. The summed E-state index contributed by atoms with van der Waals surface area (Å²) in [6.45, 7) is 0. The van der Waals surface area contributed by atoms with Crippen LogP contribution in [0.25, 0.3) is 0 Å². The molecule has 1 aromatic carbocycles. The highest BCUT2D eigenvalue weighted by molar-refractivity contribution is 5.35. The first-order valence-electron chi connectivity index (χ1n) is 4.43. The van der Waals surface area contributed by atoms with Gasteiger partial charge in [0.25, 0.3) is 0 Å². The first-order chi connectivity index (χ1) is 6.84. The molecule has 0 radical (unpaired) electrons. The van der Waals surface area contributed by atoms with E-state index >= 15 is 0 Å². The van der Waals surface area contributed by atoms with Crippen LogP contribution in [0.3, 0.4) is 0 Å². The molecule has 1 nitrogen and oxygen atoms in total. The maximum Gasteiger partial charge on any atom is 0.419 e. The van der Waals surface area contributed by atoms with E-state index in [-0.39, 0.29) is 5.56 Å². The van der Waals surface area contributed by atoms with E-state index in [1.165, 1.54) is 6.07 Å². The molecule has 0 spiro atoms. The summed E-state index contributed by atoms with van der Waals surface area (Å²) in [4.78, 5) is 0. The van der Waals surface area contributed by atoms with Gasteiger partial charge in [0, 0.05) is 5.56 Å². The highest BCUT2D eigenvalue weighted by atomic mass is 19.4. The van der Waals surface area contributed by atoms with E-state index in [0.29, 0.717) is 18.9 Å². The molecule has 0 aliphatic heterocycles. The highest BCUT2D eigenvalue weighted by Crippen LogP contribution is 2.47. The van der Waals surface area contributed by atoms with Crippen molar-refractivity contribution in [1.29, 1.82) is 0 Å². The van der Waals surface area contributed by atoms with Gasteiger partial charge in [-0.15, -0.1) is 0 Å². The van der Waals surface area contributed by atoms with Gasteiger partial charge in [-0.3, -0.25) is 0 Å². The van der Waals surface area contributed by atoms with Crippen LogP contribution in [0.4, 0.5) is 17.6 Å². The second-order valence-electron chi connectivity index (χ2n) is 3.70. The van der Waals surface area contributed by atoms with Gasteiger partial charge in [-0.2, -0.15) is 13.2 Å². The maximum absolute atomic E-state index is 13.4. The van der Waals surface area contributed by atoms with Crippen LogP contribution in [-0.2, 0) is 11.8 Å². The summed E-state index contributed by atoms with van der Waals surface area (Å²) in [5, 5.41) is 9.56. The molecule has 0 amide bonds. The van der Waals surface area contributed by atoms with E-state index in [4.69, 9.17) is 0 Å². The first-order valence-corrected chi connectivity index (χ1v) is 4.43. The summed E-state index contributed by atoms with van der Waals surface area (Å²) in [6, 6.07) is 2.97. The van der Waals surface area contributed by atoms with Gasteiger partial charge < -0.3 is 5.11 Å². The Morgan fingerprint density at radius 2 is 1.80 bits per heavy atom. The molecule has 82 valence electrons. The Labute approximate surface area is 83.3 Å². The number of alkyl halides is 3. The Morgan fingerprint density at radius 1 is 1.20 bits per heavy atom. The molecule has 1 aromatic rings. The number of benzene rings is 1. The summed E-state index contributed by atoms with van der Waals surface area (Å²) in [6.07, 6.45) is -4.10. The molecular formula is C10H8F4O. The fraction of sp³-hybridized carbons (Fsp3) is 0.400. The van der Waals surface area contributed by atoms with Crippen molar-refractivity contribution in [2.75, 3.05) is 0 Å². The van der Waals surface area contributed by atoms with Crippen LogP contribution in [0.2, 0.25) is 0 Å². The molecular weight excluding hydrogens is 212 g/mol. The average Bonchev–Trinajstić information content (AvgIpc) is 2.83. The number of hydrogen-bond acceptors (Lipinski definition) is 1. The number of halogens is 4. The van der Waals surface area contributed by atoms with Crippen molar-refractivity contribution in [2.45, 2.75) is 24.6 Å². The van der Waals surface area contributed by atoms with Gasteiger partial charge in [-0.1, -0.05) is 12.1 Å². The zero-order chi connectivity index (χ0) is 11.3. The highest BCUT2D eigenvalue weighted by Gasteiger charge is 2.46. The maximum atomic E-state index is 13.4. The van der Waals surface area contributed by atoms with Gasteiger partial charge in [-0.05, 0) is 18.9 Å².